The molecule has 0 bridgehead atoms. The van der Waals surface area contributed by atoms with Crippen molar-refractivity contribution in [2.45, 2.75) is 19.1 Å². The van der Waals surface area contributed by atoms with Crippen molar-refractivity contribution in [3.8, 4) is 11.4 Å². The fourth-order valence-corrected chi connectivity index (χ4v) is 3.71. The van der Waals surface area contributed by atoms with Gasteiger partial charge in [0.1, 0.15) is 17.7 Å². The lowest BCUT2D eigenvalue weighted by Crippen LogP contribution is -2.24. The number of hydrogen-bond donors (Lipinski definition) is 0. The number of carbonyl (C=O) groups excluding carboxylic acids is 1. The van der Waals surface area contributed by atoms with Crippen LogP contribution in [0.4, 0.5) is 15.9 Å². The molecule has 2 aliphatic heterocycles. The molecule has 8 nitrogen and oxygen atoms in total. The molecular weight excluding hydrogens is 375 g/mol. The summed E-state index contributed by atoms with van der Waals surface area (Å²) < 4.78 is 20.2. The Labute approximate surface area is 166 Å². The summed E-state index contributed by atoms with van der Waals surface area (Å²) in [5.41, 5.74) is 2.67. The van der Waals surface area contributed by atoms with E-state index in [2.05, 4.69) is 15.1 Å². The molecule has 1 saturated heterocycles. The number of nitrogens with zero attached hydrogens (tertiary/aromatic N) is 6. The molecule has 1 amide bonds. The molecule has 3 aromatic rings. The van der Waals surface area contributed by atoms with Crippen molar-refractivity contribution in [3.05, 3.63) is 54.2 Å². The molecule has 0 spiro atoms. The standard InChI is InChI=1S/C20H19FN6O2/c1-29-17-6-16(7-22-9-17)26-10-13-11-27(24-19(13)20(26)28)15-2-3-18(23-8-15)25-5-4-14(21)12-25/h2-3,6-9,11,14H,4-5,10,12H2,1H3/t14-/m0/s1. The lowest BCUT2D eigenvalue weighted by molar-refractivity contribution is 0.0991. The van der Waals surface area contributed by atoms with Crippen molar-refractivity contribution in [1.82, 2.24) is 19.7 Å². The number of pyridine rings is 2. The van der Waals surface area contributed by atoms with Gasteiger partial charge < -0.3 is 14.5 Å². The summed E-state index contributed by atoms with van der Waals surface area (Å²) in [5.74, 6) is 1.17. The molecule has 9 heteroatoms. The third-order valence-electron chi connectivity index (χ3n) is 5.26. The second-order valence-electron chi connectivity index (χ2n) is 7.13. The van der Waals surface area contributed by atoms with E-state index in [9.17, 15) is 9.18 Å². The number of carbonyl (C=O) groups is 1. The molecule has 0 N–H and O–H groups in total. The number of rotatable bonds is 4. The van der Waals surface area contributed by atoms with Gasteiger partial charge in [-0.15, -0.1) is 0 Å². The Hall–Kier alpha value is -3.49. The van der Waals surface area contributed by atoms with E-state index in [1.165, 1.54) is 0 Å². The van der Waals surface area contributed by atoms with Crippen LogP contribution in [-0.2, 0) is 6.54 Å². The van der Waals surface area contributed by atoms with Crippen LogP contribution in [0.15, 0.2) is 43.0 Å². The Morgan fingerprint density at radius 1 is 1.21 bits per heavy atom. The molecule has 0 radical (unpaired) electrons. The van der Waals surface area contributed by atoms with Crippen LogP contribution >= 0.6 is 0 Å². The van der Waals surface area contributed by atoms with Gasteiger partial charge in [0, 0.05) is 24.4 Å². The summed E-state index contributed by atoms with van der Waals surface area (Å²) in [4.78, 5) is 24.9. The topological polar surface area (TPSA) is 76.4 Å². The molecule has 2 aliphatic rings. The van der Waals surface area contributed by atoms with Gasteiger partial charge in [0.25, 0.3) is 5.91 Å². The molecule has 5 rings (SSSR count). The number of halogens is 1. The number of methoxy groups -OCH3 is 1. The minimum atomic E-state index is -0.792. The maximum Gasteiger partial charge on any atom is 0.279 e. The van der Waals surface area contributed by atoms with E-state index in [-0.39, 0.29) is 5.91 Å². The van der Waals surface area contributed by atoms with Gasteiger partial charge in [-0.3, -0.25) is 9.78 Å². The number of fused-ring (bicyclic) bond motifs is 1. The minimum Gasteiger partial charge on any atom is -0.495 e. The fourth-order valence-electron chi connectivity index (χ4n) is 3.71. The number of ether oxygens (including phenoxy) is 1. The zero-order valence-electron chi connectivity index (χ0n) is 15.8. The molecule has 148 valence electrons. The van der Waals surface area contributed by atoms with Crippen molar-refractivity contribution < 1.29 is 13.9 Å². The summed E-state index contributed by atoms with van der Waals surface area (Å²) in [5, 5.41) is 4.46. The van der Waals surface area contributed by atoms with Crippen molar-refractivity contribution in [2.75, 3.05) is 30.0 Å². The maximum atomic E-state index is 13.4. The summed E-state index contributed by atoms with van der Waals surface area (Å²) in [6.07, 6.45) is 6.50. The minimum absolute atomic E-state index is 0.176. The maximum absolute atomic E-state index is 13.4. The van der Waals surface area contributed by atoms with Gasteiger partial charge in [-0.05, 0) is 18.6 Å². The first-order chi connectivity index (χ1) is 14.1. The zero-order chi connectivity index (χ0) is 20.0. The van der Waals surface area contributed by atoms with E-state index in [4.69, 9.17) is 4.74 Å². The first-order valence-corrected chi connectivity index (χ1v) is 9.37. The van der Waals surface area contributed by atoms with E-state index in [1.54, 1.807) is 41.3 Å². The molecular formula is C20H19FN6O2. The quantitative estimate of drug-likeness (QED) is 0.676. The summed E-state index contributed by atoms with van der Waals surface area (Å²) in [6.45, 7) is 1.47. The Morgan fingerprint density at radius 2 is 2.10 bits per heavy atom. The van der Waals surface area contributed by atoms with Gasteiger partial charge in [0.2, 0.25) is 0 Å². The van der Waals surface area contributed by atoms with E-state index >= 15 is 0 Å². The predicted molar refractivity (Wildman–Crippen MR) is 104 cm³/mol. The van der Waals surface area contributed by atoms with E-state index in [0.717, 1.165) is 17.1 Å². The number of aromatic nitrogens is 4. The van der Waals surface area contributed by atoms with Crippen LogP contribution in [0, 0.1) is 0 Å². The normalized spacial score (nSPS) is 18.4. The van der Waals surface area contributed by atoms with Gasteiger partial charge in [-0.25, -0.2) is 14.1 Å². The van der Waals surface area contributed by atoms with Crippen molar-refractivity contribution >= 4 is 17.4 Å². The van der Waals surface area contributed by atoms with E-state index < -0.39 is 6.17 Å². The molecule has 29 heavy (non-hydrogen) atoms. The van der Waals surface area contributed by atoms with Crippen molar-refractivity contribution in [2.24, 2.45) is 0 Å². The van der Waals surface area contributed by atoms with E-state index in [1.807, 2.05) is 23.2 Å². The van der Waals surface area contributed by atoms with Crippen LogP contribution < -0.4 is 14.5 Å². The zero-order valence-corrected chi connectivity index (χ0v) is 15.8. The fraction of sp³-hybridized carbons (Fsp3) is 0.300. The predicted octanol–water partition coefficient (Wildman–Crippen LogP) is 2.38. The molecule has 3 aromatic heterocycles. The van der Waals surface area contributed by atoms with Crippen molar-refractivity contribution in [3.63, 3.8) is 0 Å². The SMILES string of the molecule is COc1cncc(N2Cc3cn(-c4ccc(N5CC[C@H](F)C5)nc4)nc3C2=O)c1. The average molecular weight is 394 g/mol. The highest BCUT2D eigenvalue weighted by atomic mass is 19.1. The first kappa shape index (κ1) is 17.6. The average Bonchev–Trinajstić information content (AvgIpc) is 3.44. The highest BCUT2D eigenvalue weighted by Gasteiger charge is 2.32. The lowest BCUT2D eigenvalue weighted by atomic mass is 10.3. The Morgan fingerprint density at radius 3 is 2.79 bits per heavy atom. The highest BCUT2D eigenvalue weighted by molar-refractivity contribution is 6.08. The van der Waals surface area contributed by atoms with Gasteiger partial charge >= 0.3 is 0 Å². The highest BCUT2D eigenvalue weighted by Crippen LogP contribution is 2.30. The smallest absolute Gasteiger partial charge is 0.279 e. The molecule has 0 aliphatic carbocycles. The van der Waals surface area contributed by atoms with Crippen LogP contribution in [0.5, 0.6) is 5.75 Å². The Kier molecular flexibility index (Phi) is 4.15. The van der Waals surface area contributed by atoms with Gasteiger partial charge in [0.05, 0.1) is 50.2 Å². The van der Waals surface area contributed by atoms with Crippen LogP contribution in [-0.4, -0.2) is 52.0 Å². The van der Waals surface area contributed by atoms with Crippen LogP contribution in [0.2, 0.25) is 0 Å². The van der Waals surface area contributed by atoms with Gasteiger partial charge in [-0.2, -0.15) is 5.10 Å². The molecule has 0 unspecified atom stereocenters. The Bertz CT molecular complexity index is 1070. The van der Waals surface area contributed by atoms with Gasteiger partial charge in [0.15, 0.2) is 5.69 Å². The number of hydrogen-bond acceptors (Lipinski definition) is 6. The second kappa shape index (κ2) is 6.84. The molecule has 1 atom stereocenters. The monoisotopic (exact) mass is 394 g/mol. The largest absolute Gasteiger partial charge is 0.495 e. The van der Waals surface area contributed by atoms with Crippen LogP contribution in [0.1, 0.15) is 22.5 Å². The van der Waals surface area contributed by atoms with Crippen molar-refractivity contribution in [1.29, 1.82) is 0 Å². The number of amides is 1. The molecule has 1 fully saturated rings. The van der Waals surface area contributed by atoms with Gasteiger partial charge in [-0.1, -0.05) is 0 Å². The summed E-state index contributed by atoms with van der Waals surface area (Å²) in [6, 6.07) is 5.51. The molecule has 0 aromatic carbocycles. The van der Waals surface area contributed by atoms with E-state index in [0.29, 0.717) is 43.2 Å². The lowest BCUT2D eigenvalue weighted by Gasteiger charge is -2.17. The first-order valence-electron chi connectivity index (χ1n) is 9.37. The second-order valence-corrected chi connectivity index (χ2v) is 7.13. The summed E-state index contributed by atoms with van der Waals surface area (Å²) >= 11 is 0. The molecule has 5 heterocycles. The van der Waals surface area contributed by atoms with Crippen LogP contribution in [0.25, 0.3) is 5.69 Å². The Balaban J connectivity index is 1.36. The third-order valence-corrected chi connectivity index (χ3v) is 5.26. The third kappa shape index (κ3) is 3.08. The number of anilines is 2. The van der Waals surface area contributed by atoms with Crippen LogP contribution in [0.3, 0.4) is 0 Å². The number of alkyl halides is 1. The molecule has 0 saturated carbocycles. The summed E-state index contributed by atoms with van der Waals surface area (Å²) in [7, 11) is 1.56.